The fourth-order valence-electron chi connectivity index (χ4n) is 5.74. The van der Waals surface area contributed by atoms with E-state index in [4.69, 9.17) is 0 Å². The minimum Gasteiger partial charge on any atom is -0.361 e. The Balaban J connectivity index is 1.79. The molecule has 0 fully saturated rings. The van der Waals surface area contributed by atoms with Gasteiger partial charge in [0.25, 0.3) is 0 Å². The van der Waals surface area contributed by atoms with Gasteiger partial charge < -0.3 is 19.9 Å². The molecule has 0 aromatic carbocycles. The summed E-state index contributed by atoms with van der Waals surface area (Å²) in [6.07, 6.45) is 0.415. The van der Waals surface area contributed by atoms with Gasteiger partial charge in [0.05, 0.1) is 0 Å². The lowest BCUT2D eigenvalue weighted by Crippen LogP contribution is -2.26. The van der Waals surface area contributed by atoms with E-state index in [-0.39, 0.29) is 27.4 Å². The number of aromatic amines is 4. The van der Waals surface area contributed by atoms with E-state index in [1.807, 2.05) is 0 Å². The summed E-state index contributed by atoms with van der Waals surface area (Å²) in [6.45, 7) is 19.6. The highest BCUT2D eigenvalue weighted by Crippen LogP contribution is 2.41. The number of carbonyl (C=O) groups is 1. The van der Waals surface area contributed by atoms with Crippen LogP contribution in [-0.2, 0) is 32.9 Å². The maximum absolute atomic E-state index is 12.3. The molecule has 0 atom stereocenters. The van der Waals surface area contributed by atoms with Crippen molar-refractivity contribution < 1.29 is 4.79 Å². The monoisotopic (exact) mass is 484 g/mol. The van der Waals surface area contributed by atoms with Crippen molar-refractivity contribution in [3.63, 3.8) is 0 Å². The zero-order chi connectivity index (χ0) is 26.3. The summed E-state index contributed by atoms with van der Waals surface area (Å²) in [5.74, 6) is 0.167. The zero-order valence-electron chi connectivity index (χ0n) is 23.2. The molecule has 0 saturated carbocycles. The lowest BCUT2D eigenvalue weighted by atomic mass is 9.83. The van der Waals surface area contributed by atoms with E-state index in [1.54, 1.807) is 6.92 Å². The molecule has 5 heterocycles. The van der Waals surface area contributed by atoms with Crippen LogP contribution in [0.5, 0.6) is 0 Å². The molecule has 4 aromatic rings. The maximum Gasteiger partial charge on any atom is 0.134 e. The number of Topliss-reactive ketones (excluding diaryl/α,β-unsaturated/α-hetero) is 1. The van der Waals surface area contributed by atoms with Crippen molar-refractivity contribution in [2.45, 2.75) is 90.4 Å². The van der Waals surface area contributed by atoms with E-state index in [9.17, 15) is 4.79 Å². The van der Waals surface area contributed by atoms with E-state index >= 15 is 0 Å². The summed E-state index contributed by atoms with van der Waals surface area (Å²) in [4.78, 5) is 27.4. The van der Waals surface area contributed by atoms with Crippen molar-refractivity contribution in [1.82, 2.24) is 19.9 Å². The minimum atomic E-state index is -0.339. The summed E-state index contributed by atoms with van der Waals surface area (Å²) in [7, 11) is 0. The van der Waals surface area contributed by atoms with Gasteiger partial charge in [-0.1, -0.05) is 0 Å². The lowest BCUT2D eigenvalue weighted by Gasteiger charge is -2.28. The first-order valence-electron chi connectivity index (χ1n) is 13.0. The normalized spacial score (nSPS) is 19.2. The van der Waals surface area contributed by atoms with Gasteiger partial charge >= 0.3 is 0 Å². The van der Waals surface area contributed by atoms with Gasteiger partial charge in [-0.2, -0.15) is 0 Å². The highest BCUT2D eigenvalue weighted by atomic mass is 16.1. The molecular formula is C31H40N4O. The third-order valence-corrected chi connectivity index (χ3v) is 8.74. The number of nitrogens with one attached hydrogen (secondary N) is 4. The zero-order valence-corrected chi connectivity index (χ0v) is 23.2. The third-order valence-electron chi connectivity index (χ3n) is 8.74. The van der Waals surface area contributed by atoms with Crippen LogP contribution in [0.15, 0.2) is 42.5 Å². The first kappa shape index (κ1) is 24.5. The Hall–Kier alpha value is -3.21. The molecule has 5 rings (SSSR count). The molecule has 0 saturated heterocycles. The van der Waals surface area contributed by atoms with Crippen molar-refractivity contribution in [3.8, 4) is 0 Å². The Morgan fingerprint density at radius 3 is 1.25 bits per heavy atom. The molecule has 36 heavy (non-hydrogen) atoms. The second kappa shape index (κ2) is 7.64. The molecule has 0 aliphatic carbocycles. The van der Waals surface area contributed by atoms with Crippen LogP contribution in [-0.4, -0.2) is 25.7 Å². The van der Waals surface area contributed by atoms with Crippen LogP contribution in [0.3, 0.4) is 0 Å². The number of hydrogen-bond donors (Lipinski definition) is 4. The summed E-state index contributed by atoms with van der Waals surface area (Å²) < 4.78 is 0. The molecule has 1 aliphatic heterocycles. The number of rotatable bonds is 2. The Kier molecular flexibility index (Phi) is 5.20. The fourth-order valence-corrected chi connectivity index (χ4v) is 5.74. The van der Waals surface area contributed by atoms with Crippen LogP contribution in [0.4, 0.5) is 0 Å². The van der Waals surface area contributed by atoms with Gasteiger partial charge in [-0.15, -0.1) is 0 Å². The number of aromatic nitrogens is 4. The summed E-state index contributed by atoms with van der Waals surface area (Å²) in [6, 6.07) is 15.5. The molecule has 5 heteroatoms. The van der Waals surface area contributed by atoms with Crippen LogP contribution in [0.25, 0.3) is 0 Å². The number of H-pyrrole nitrogens is 4. The van der Waals surface area contributed by atoms with Gasteiger partial charge in [0, 0.05) is 73.6 Å². The molecule has 0 amide bonds. The van der Waals surface area contributed by atoms with Crippen LogP contribution in [0, 0.1) is 0 Å². The molecule has 0 spiro atoms. The molecule has 8 bridgehead atoms. The lowest BCUT2D eigenvalue weighted by molar-refractivity contribution is -0.116. The van der Waals surface area contributed by atoms with E-state index in [0.29, 0.717) is 6.42 Å². The van der Waals surface area contributed by atoms with Gasteiger partial charge in [0.2, 0.25) is 0 Å². The van der Waals surface area contributed by atoms with Crippen molar-refractivity contribution in [2.24, 2.45) is 0 Å². The molecule has 190 valence electrons. The van der Waals surface area contributed by atoms with Crippen molar-refractivity contribution in [1.29, 1.82) is 0 Å². The average molecular weight is 485 g/mol. The summed E-state index contributed by atoms with van der Waals surface area (Å²) >= 11 is 0. The number of hydrogen-bond acceptors (Lipinski definition) is 1. The molecule has 0 radical (unpaired) electrons. The van der Waals surface area contributed by atoms with Gasteiger partial charge in [-0.3, -0.25) is 4.79 Å². The largest absolute Gasteiger partial charge is 0.361 e. The van der Waals surface area contributed by atoms with Gasteiger partial charge in [-0.25, -0.2) is 0 Å². The maximum atomic E-state index is 12.3. The highest BCUT2D eigenvalue weighted by molar-refractivity contribution is 5.78. The van der Waals surface area contributed by atoms with E-state index in [0.717, 1.165) is 34.0 Å². The first-order chi connectivity index (χ1) is 16.6. The van der Waals surface area contributed by atoms with E-state index < -0.39 is 0 Å². The first-order valence-corrected chi connectivity index (χ1v) is 13.0. The summed E-state index contributed by atoms with van der Waals surface area (Å²) in [5, 5.41) is 0. The fraction of sp³-hybridized carbons (Fsp3) is 0.452. The number of carbonyl (C=O) groups excluding carboxylic acids is 1. The van der Waals surface area contributed by atoms with E-state index in [1.165, 1.54) is 17.1 Å². The standard InChI is InChI=1S/C31H40N4O/c1-18(36)16-19-17-26-30(6,7)24-13-12-22(33-24)28(2,3)20-10-11-21(32-20)29(4,5)23-14-15-25(34-23)31(8,9)27(19)35-26/h10-15,17,32-35H,16H2,1-9H3. The predicted octanol–water partition coefficient (Wildman–Crippen LogP) is 6.75. The SMILES string of the molecule is CC(=O)Cc1cc2[nH]c1C(C)(C)c1ccc([nH]1)C(C)(C)c1ccc([nH]1)C(C)(C)c1ccc([nH]1)C2(C)C. The molecule has 4 aromatic heterocycles. The Morgan fingerprint density at radius 2 is 0.889 bits per heavy atom. The molecular weight excluding hydrogens is 444 g/mol. The second-order valence-corrected chi connectivity index (χ2v) is 12.8. The van der Waals surface area contributed by atoms with Crippen molar-refractivity contribution in [2.75, 3.05) is 0 Å². The Bertz CT molecular complexity index is 1450. The van der Waals surface area contributed by atoms with Gasteiger partial charge in [-0.05, 0) is 110 Å². The van der Waals surface area contributed by atoms with Crippen molar-refractivity contribution in [3.05, 3.63) is 93.6 Å². The van der Waals surface area contributed by atoms with E-state index in [2.05, 4.69) is 118 Å². The average Bonchev–Trinajstić information content (AvgIpc) is 3.58. The number of ketones is 1. The number of fused-ring (bicyclic) bond motifs is 8. The molecule has 1 aliphatic rings. The van der Waals surface area contributed by atoms with Crippen LogP contribution < -0.4 is 0 Å². The summed E-state index contributed by atoms with van der Waals surface area (Å²) in [5.41, 5.74) is 9.14. The topological polar surface area (TPSA) is 80.2 Å². The Morgan fingerprint density at radius 1 is 0.556 bits per heavy atom. The molecule has 4 N–H and O–H groups in total. The Labute approximate surface area is 214 Å². The quantitative estimate of drug-likeness (QED) is 0.249. The van der Waals surface area contributed by atoms with Gasteiger partial charge in [0.15, 0.2) is 0 Å². The third kappa shape index (κ3) is 3.55. The predicted molar refractivity (Wildman–Crippen MR) is 146 cm³/mol. The van der Waals surface area contributed by atoms with Crippen LogP contribution in [0.1, 0.15) is 113 Å². The van der Waals surface area contributed by atoms with Crippen LogP contribution in [0.2, 0.25) is 0 Å². The second-order valence-electron chi connectivity index (χ2n) is 12.8. The minimum absolute atomic E-state index is 0.167. The van der Waals surface area contributed by atoms with Crippen LogP contribution >= 0.6 is 0 Å². The van der Waals surface area contributed by atoms with Crippen molar-refractivity contribution >= 4 is 5.78 Å². The molecule has 0 unspecified atom stereocenters. The molecule has 5 nitrogen and oxygen atoms in total. The smallest absolute Gasteiger partial charge is 0.134 e. The van der Waals surface area contributed by atoms with Gasteiger partial charge in [0.1, 0.15) is 5.78 Å². The highest BCUT2D eigenvalue weighted by Gasteiger charge is 2.37.